The van der Waals surface area contributed by atoms with E-state index in [1.54, 1.807) is 7.11 Å². The van der Waals surface area contributed by atoms with Gasteiger partial charge in [0.2, 0.25) is 5.82 Å². The molecule has 3 aromatic heterocycles. The minimum absolute atomic E-state index is 0.532. The molecule has 0 saturated carbocycles. The number of rotatable bonds is 5. The Labute approximate surface area is 178 Å². The number of fused-ring (bicyclic) bond motifs is 1. The number of aromatic nitrogens is 7. The highest BCUT2D eigenvalue weighted by Crippen LogP contribution is 2.32. The molecule has 0 aliphatic carbocycles. The lowest BCUT2D eigenvalue weighted by molar-refractivity contribution is 0.363. The smallest absolute Gasteiger partial charge is 0.298 e. The molecule has 8 heteroatoms. The van der Waals surface area contributed by atoms with Gasteiger partial charge in [-0.1, -0.05) is 42.5 Å². The molecule has 0 bridgehead atoms. The molecule has 3 heterocycles. The minimum Gasteiger partial charge on any atom is -0.468 e. The van der Waals surface area contributed by atoms with Gasteiger partial charge in [-0.15, -0.1) is 10.2 Å². The van der Waals surface area contributed by atoms with Crippen LogP contribution in [0, 0.1) is 13.8 Å². The van der Waals surface area contributed by atoms with Gasteiger partial charge in [-0.25, -0.2) is 4.98 Å². The van der Waals surface area contributed by atoms with E-state index in [1.165, 1.54) is 0 Å². The van der Waals surface area contributed by atoms with E-state index in [2.05, 4.69) is 55.9 Å². The highest BCUT2D eigenvalue weighted by Gasteiger charge is 2.17. The number of hydrogen-bond acceptors (Lipinski definition) is 6. The Bertz CT molecular complexity index is 1360. The Balaban J connectivity index is 1.64. The summed E-state index contributed by atoms with van der Waals surface area (Å²) in [6.45, 7) is 4.57. The number of benzene rings is 2. The summed E-state index contributed by atoms with van der Waals surface area (Å²) in [5.41, 5.74) is 7.76. The van der Waals surface area contributed by atoms with Gasteiger partial charge in [-0.2, -0.15) is 10.2 Å². The highest BCUT2D eigenvalue weighted by atomic mass is 16.5. The summed E-state index contributed by atoms with van der Waals surface area (Å²) in [6.07, 6.45) is 0. The van der Waals surface area contributed by atoms with Gasteiger partial charge in [-0.05, 0) is 53.4 Å². The molecule has 0 spiro atoms. The predicted molar refractivity (Wildman–Crippen MR) is 118 cm³/mol. The van der Waals surface area contributed by atoms with Crippen molar-refractivity contribution in [3.63, 3.8) is 0 Å². The molecule has 154 valence electrons. The van der Waals surface area contributed by atoms with Crippen LogP contribution >= 0.6 is 0 Å². The average Bonchev–Trinajstić information content (AvgIpc) is 3.43. The number of tetrazole rings is 1. The topological polar surface area (TPSA) is 94.4 Å². The maximum atomic E-state index is 5.57. The number of hydrogen-bond donors (Lipinski definition) is 1. The maximum absolute atomic E-state index is 5.57. The number of imidazole rings is 1. The van der Waals surface area contributed by atoms with Gasteiger partial charge < -0.3 is 4.74 Å². The first-order valence-corrected chi connectivity index (χ1v) is 9.94. The second-order valence-electron chi connectivity index (χ2n) is 7.42. The number of methoxy groups -OCH3 is 1. The Morgan fingerprint density at radius 3 is 2.55 bits per heavy atom. The van der Waals surface area contributed by atoms with Crippen molar-refractivity contribution in [3.05, 3.63) is 71.4 Å². The van der Waals surface area contributed by atoms with Crippen LogP contribution in [-0.4, -0.2) is 42.3 Å². The van der Waals surface area contributed by atoms with Crippen LogP contribution in [0.4, 0.5) is 0 Å². The van der Waals surface area contributed by atoms with Gasteiger partial charge in [0.1, 0.15) is 5.52 Å². The lowest BCUT2D eigenvalue weighted by Crippen LogP contribution is -2.04. The standard InChI is InChI=1S/C23H21N7O/c1-14-11-15(2)24-22-20(14)25-23(31-3)30(22)13-16-9-10-18(17-7-5-4-6-8-17)19(12-16)21-26-28-29-27-21/h4-12H,13H2,1-3H3,(H,26,27,28,29). The van der Waals surface area contributed by atoms with E-state index in [0.29, 0.717) is 18.4 Å². The van der Waals surface area contributed by atoms with Crippen LogP contribution in [0.3, 0.4) is 0 Å². The van der Waals surface area contributed by atoms with E-state index < -0.39 is 0 Å². The molecule has 0 amide bonds. The largest absolute Gasteiger partial charge is 0.468 e. The molecule has 1 N–H and O–H groups in total. The third-order valence-corrected chi connectivity index (χ3v) is 5.27. The molecule has 5 rings (SSSR count). The molecule has 0 aliphatic rings. The first-order chi connectivity index (χ1) is 15.1. The zero-order valence-corrected chi connectivity index (χ0v) is 17.5. The van der Waals surface area contributed by atoms with Crippen molar-refractivity contribution in [1.29, 1.82) is 0 Å². The summed E-state index contributed by atoms with van der Waals surface area (Å²) < 4.78 is 7.56. The fraction of sp³-hybridized carbons (Fsp3) is 0.174. The second-order valence-corrected chi connectivity index (χ2v) is 7.42. The fourth-order valence-electron chi connectivity index (χ4n) is 3.88. The van der Waals surface area contributed by atoms with Gasteiger partial charge >= 0.3 is 0 Å². The van der Waals surface area contributed by atoms with Gasteiger partial charge in [0.15, 0.2) is 5.65 Å². The molecule has 8 nitrogen and oxygen atoms in total. The summed E-state index contributed by atoms with van der Waals surface area (Å²) in [4.78, 5) is 9.36. The predicted octanol–water partition coefficient (Wildman–Crippen LogP) is 3.95. The third-order valence-electron chi connectivity index (χ3n) is 5.27. The summed E-state index contributed by atoms with van der Waals surface area (Å²) in [5, 5.41) is 14.7. The minimum atomic E-state index is 0.532. The number of nitrogens with zero attached hydrogens (tertiary/aromatic N) is 6. The highest BCUT2D eigenvalue weighted by molar-refractivity contribution is 5.81. The monoisotopic (exact) mass is 411 g/mol. The summed E-state index contributed by atoms with van der Waals surface area (Å²) >= 11 is 0. The molecular weight excluding hydrogens is 390 g/mol. The fourth-order valence-corrected chi connectivity index (χ4v) is 3.88. The number of pyridine rings is 1. The number of nitrogens with one attached hydrogen (secondary N) is 1. The molecule has 2 aromatic carbocycles. The van der Waals surface area contributed by atoms with E-state index in [1.807, 2.05) is 42.7 Å². The van der Waals surface area contributed by atoms with E-state index in [4.69, 9.17) is 9.72 Å². The first-order valence-electron chi connectivity index (χ1n) is 9.94. The summed E-state index contributed by atoms with van der Waals surface area (Å²) in [7, 11) is 1.63. The lowest BCUT2D eigenvalue weighted by Gasteiger charge is -2.12. The van der Waals surface area contributed by atoms with Crippen LogP contribution in [0.5, 0.6) is 6.01 Å². The second kappa shape index (κ2) is 7.64. The molecular formula is C23H21N7O. The van der Waals surface area contributed by atoms with E-state index >= 15 is 0 Å². The molecule has 0 saturated heterocycles. The Kier molecular flexibility index (Phi) is 4.66. The Morgan fingerprint density at radius 1 is 0.968 bits per heavy atom. The van der Waals surface area contributed by atoms with Crippen LogP contribution in [0.1, 0.15) is 16.8 Å². The third kappa shape index (κ3) is 3.42. The molecule has 5 aromatic rings. The van der Waals surface area contributed by atoms with Crippen molar-refractivity contribution in [1.82, 2.24) is 35.2 Å². The molecule has 0 unspecified atom stereocenters. The van der Waals surface area contributed by atoms with Crippen molar-refractivity contribution in [3.8, 4) is 28.5 Å². The van der Waals surface area contributed by atoms with Crippen molar-refractivity contribution < 1.29 is 4.74 Å². The Hall–Kier alpha value is -4.07. The van der Waals surface area contributed by atoms with Crippen LogP contribution in [0.2, 0.25) is 0 Å². The number of H-pyrrole nitrogens is 1. The first kappa shape index (κ1) is 18.9. The molecule has 0 fully saturated rings. The zero-order valence-electron chi connectivity index (χ0n) is 17.5. The molecule has 31 heavy (non-hydrogen) atoms. The van der Waals surface area contributed by atoms with Crippen LogP contribution in [-0.2, 0) is 6.54 Å². The quantitative estimate of drug-likeness (QED) is 0.471. The summed E-state index contributed by atoms with van der Waals surface area (Å²) in [5.74, 6) is 0.549. The zero-order chi connectivity index (χ0) is 21.4. The lowest BCUT2D eigenvalue weighted by atomic mass is 9.97. The molecule has 0 atom stereocenters. The van der Waals surface area contributed by atoms with E-state index in [0.717, 1.165) is 44.7 Å². The molecule has 0 radical (unpaired) electrons. The van der Waals surface area contributed by atoms with Crippen molar-refractivity contribution in [2.24, 2.45) is 0 Å². The SMILES string of the molecule is COc1nc2c(C)cc(C)nc2n1Cc1ccc(-c2ccccc2)c(-c2nn[nH]n2)c1. The molecule has 0 aliphatic heterocycles. The van der Waals surface area contributed by atoms with Gasteiger partial charge in [0.25, 0.3) is 6.01 Å². The number of aryl methyl sites for hydroxylation is 2. The van der Waals surface area contributed by atoms with Gasteiger partial charge in [-0.3, -0.25) is 4.57 Å². The van der Waals surface area contributed by atoms with Crippen molar-refractivity contribution in [2.45, 2.75) is 20.4 Å². The Morgan fingerprint density at radius 2 is 1.81 bits per heavy atom. The normalized spacial score (nSPS) is 11.2. The number of ether oxygens (including phenoxy) is 1. The van der Waals surface area contributed by atoms with Crippen LogP contribution in [0.15, 0.2) is 54.6 Å². The van der Waals surface area contributed by atoms with E-state index in [9.17, 15) is 0 Å². The average molecular weight is 411 g/mol. The van der Waals surface area contributed by atoms with Crippen molar-refractivity contribution in [2.75, 3.05) is 7.11 Å². The summed E-state index contributed by atoms with van der Waals surface area (Å²) in [6, 6.07) is 19.0. The van der Waals surface area contributed by atoms with E-state index in [-0.39, 0.29) is 0 Å². The van der Waals surface area contributed by atoms with Crippen LogP contribution in [0.25, 0.3) is 33.7 Å². The maximum Gasteiger partial charge on any atom is 0.298 e. The van der Waals surface area contributed by atoms with Gasteiger partial charge in [0.05, 0.1) is 13.7 Å². The number of aromatic amines is 1. The van der Waals surface area contributed by atoms with Crippen LogP contribution < -0.4 is 4.74 Å². The van der Waals surface area contributed by atoms with Crippen molar-refractivity contribution >= 4 is 11.2 Å². The van der Waals surface area contributed by atoms with Gasteiger partial charge in [0, 0.05) is 11.3 Å².